The summed E-state index contributed by atoms with van der Waals surface area (Å²) in [5.41, 5.74) is 0.341. The van der Waals surface area contributed by atoms with Crippen molar-refractivity contribution in [3.05, 3.63) is 51.7 Å². The Morgan fingerprint density at radius 1 is 1.29 bits per heavy atom. The van der Waals surface area contributed by atoms with Crippen LogP contribution >= 0.6 is 11.3 Å². The van der Waals surface area contributed by atoms with E-state index in [9.17, 15) is 13.5 Å². The molecule has 1 aromatic carbocycles. The van der Waals surface area contributed by atoms with Crippen molar-refractivity contribution < 1.29 is 13.5 Å². The average Bonchev–Trinajstić information content (AvgIpc) is 2.94. The van der Waals surface area contributed by atoms with Gasteiger partial charge >= 0.3 is 0 Å². The number of hydrogen-bond acceptors (Lipinski definition) is 4. The molecular formula is C15H19NO3S2. The number of aliphatic hydroxyl groups is 1. The van der Waals surface area contributed by atoms with E-state index in [0.29, 0.717) is 5.56 Å². The standard InChI is InChI=1S/C15H19NO3S2/c1-11-6-7-12(2)13(9-11)21(18,19)16-10-15(3,17)14-5-4-8-20-14/h4-9,16-17H,10H2,1-3H3. The van der Waals surface area contributed by atoms with Crippen LogP contribution in [-0.2, 0) is 15.6 Å². The van der Waals surface area contributed by atoms with Crippen LogP contribution in [0, 0.1) is 13.8 Å². The van der Waals surface area contributed by atoms with Crippen molar-refractivity contribution in [2.24, 2.45) is 0 Å². The van der Waals surface area contributed by atoms with Gasteiger partial charge in [0.25, 0.3) is 0 Å². The van der Waals surface area contributed by atoms with Gasteiger partial charge in [0.2, 0.25) is 10.0 Å². The predicted octanol–water partition coefficient (Wildman–Crippen LogP) is 2.55. The summed E-state index contributed by atoms with van der Waals surface area (Å²) in [4.78, 5) is 0.982. The van der Waals surface area contributed by atoms with Gasteiger partial charge in [0.15, 0.2) is 0 Å². The highest BCUT2D eigenvalue weighted by molar-refractivity contribution is 7.89. The second-order valence-electron chi connectivity index (χ2n) is 5.34. The highest BCUT2D eigenvalue weighted by Crippen LogP contribution is 2.25. The first-order valence-electron chi connectivity index (χ1n) is 6.56. The van der Waals surface area contributed by atoms with Gasteiger partial charge < -0.3 is 5.11 Å². The minimum atomic E-state index is -3.64. The molecule has 0 spiro atoms. The first-order valence-corrected chi connectivity index (χ1v) is 8.92. The van der Waals surface area contributed by atoms with E-state index in [1.807, 2.05) is 24.4 Å². The number of sulfonamides is 1. The molecule has 1 unspecified atom stereocenters. The lowest BCUT2D eigenvalue weighted by Crippen LogP contribution is -2.38. The van der Waals surface area contributed by atoms with Crippen LogP contribution in [0.3, 0.4) is 0 Å². The summed E-state index contributed by atoms with van der Waals surface area (Å²) in [6.45, 7) is 5.14. The van der Waals surface area contributed by atoms with Gasteiger partial charge in [-0.15, -0.1) is 11.3 Å². The first-order chi connectivity index (χ1) is 9.72. The Labute approximate surface area is 129 Å². The van der Waals surface area contributed by atoms with Crippen LogP contribution in [0.2, 0.25) is 0 Å². The fourth-order valence-corrected chi connectivity index (χ4v) is 4.23. The highest BCUT2D eigenvalue weighted by atomic mass is 32.2. The third-order valence-corrected chi connectivity index (χ3v) is 5.96. The summed E-state index contributed by atoms with van der Waals surface area (Å²) < 4.78 is 27.3. The van der Waals surface area contributed by atoms with Crippen LogP contribution in [-0.4, -0.2) is 20.1 Å². The van der Waals surface area contributed by atoms with Crippen LogP contribution in [0.25, 0.3) is 0 Å². The van der Waals surface area contributed by atoms with Crippen molar-refractivity contribution in [3.63, 3.8) is 0 Å². The topological polar surface area (TPSA) is 66.4 Å². The van der Waals surface area contributed by atoms with Crippen LogP contribution in [0.4, 0.5) is 0 Å². The van der Waals surface area contributed by atoms with Crippen LogP contribution in [0.5, 0.6) is 0 Å². The summed E-state index contributed by atoms with van der Waals surface area (Å²) >= 11 is 1.40. The van der Waals surface area contributed by atoms with E-state index >= 15 is 0 Å². The highest BCUT2D eigenvalue weighted by Gasteiger charge is 2.27. The van der Waals surface area contributed by atoms with Gasteiger partial charge in [0.1, 0.15) is 5.60 Å². The van der Waals surface area contributed by atoms with E-state index in [1.165, 1.54) is 11.3 Å². The van der Waals surface area contributed by atoms with E-state index in [0.717, 1.165) is 10.4 Å². The molecule has 2 N–H and O–H groups in total. The molecule has 2 rings (SSSR count). The van der Waals surface area contributed by atoms with Crippen molar-refractivity contribution in [1.82, 2.24) is 4.72 Å². The number of nitrogens with one attached hydrogen (secondary N) is 1. The zero-order valence-corrected chi connectivity index (χ0v) is 13.9. The molecule has 4 nitrogen and oxygen atoms in total. The number of thiophene rings is 1. The maximum absolute atomic E-state index is 12.4. The Hall–Kier alpha value is -1.21. The molecule has 21 heavy (non-hydrogen) atoms. The van der Waals surface area contributed by atoms with Gasteiger partial charge in [0, 0.05) is 11.4 Å². The average molecular weight is 325 g/mol. The molecule has 6 heteroatoms. The number of hydrogen-bond donors (Lipinski definition) is 2. The lowest BCUT2D eigenvalue weighted by atomic mass is 10.1. The molecule has 0 radical (unpaired) electrons. The van der Waals surface area contributed by atoms with E-state index in [4.69, 9.17) is 0 Å². The molecule has 1 aromatic heterocycles. The van der Waals surface area contributed by atoms with Crippen molar-refractivity contribution in [3.8, 4) is 0 Å². The molecule has 0 saturated heterocycles. The Morgan fingerprint density at radius 2 is 2.00 bits per heavy atom. The van der Waals surface area contributed by atoms with Gasteiger partial charge in [0.05, 0.1) is 4.90 Å². The molecule has 0 aliphatic heterocycles. The maximum Gasteiger partial charge on any atom is 0.240 e. The lowest BCUT2D eigenvalue weighted by molar-refractivity contribution is 0.0666. The van der Waals surface area contributed by atoms with Crippen molar-refractivity contribution in [1.29, 1.82) is 0 Å². The Morgan fingerprint density at radius 3 is 2.62 bits per heavy atom. The van der Waals surface area contributed by atoms with Crippen LogP contribution in [0.15, 0.2) is 40.6 Å². The summed E-state index contributed by atoms with van der Waals surface area (Å²) in [7, 11) is -3.64. The predicted molar refractivity (Wildman–Crippen MR) is 85.0 cm³/mol. The second-order valence-corrected chi connectivity index (χ2v) is 8.03. The van der Waals surface area contributed by atoms with Gasteiger partial charge in [-0.25, -0.2) is 13.1 Å². The quantitative estimate of drug-likeness (QED) is 0.888. The number of aryl methyl sites for hydroxylation is 2. The number of benzene rings is 1. The van der Waals surface area contributed by atoms with Gasteiger partial charge in [-0.2, -0.15) is 0 Å². The van der Waals surface area contributed by atoms with Crippen LogP contribution in [0.1, 0.15) is 22.9 Å². The van der Waals surface area contributed by atoms with Gasteiger partial charge in [-0.05, 0) is 49.4 Å². The normalized spacial score (nSPS) is 14.9. The van der Waals surface area contributed by atoms with E-state index in [-0.39, 0.29) is 11.4 Å². The molecule has 0 saturated carbocycles. The molecule has 1 atom stereocenters. The van der Waals surface area contributed by atoms with Gasteiger partial charge in [-0.1, -0.05) is 18.2 Å². The van der Waals surface area contributed by atoms with Crippen LogP contribution < -0.4 is 4.72 Å². The van der Waals surface area contributed by atoms with Crippen molar-refractivity contribution in [2.75, 3.05) is 6.54 Å². The molecule has 2 aromatic rings. The SMILES string of the molecule is Cc1ccc(C)c(S(=O)(=O)NCC(C)(O)c2cccs2)c1. The molecule has 0 amide bonds. The molecular weight excluding hydrogens is 306 g/mol. The van der Waals surface area contributed by atoms with E-state index in [2.05, 4.69) is 4.72 Å². The Kier molecular flexibility index (Phi) is 4.53. The molecule has 1 heterocycles. The molecule has 0 aliphatic carbocycles. The zero-order chi connectivity index (χ0) is 15.7. The fourth-order valence-electron chi connectivity index (χ4n) is 1.98. The molecule has 114 valence electrons. The third-order valence-electron chi connectivity index (χ3n) is 3.29. The second kappa shape index (κ2) is 5.88. The maximum atomic E-state index is 12.4. The van der Waals surface area contributed by atoms with Crippen molar-refractivity contribution in [2.45, 2.75) is 31.3 Å². The zero-order valence-electron chi connectivity index (χ0n) is 12.3. The summed E-state index contributed by atoms with van der Waals surface area (Å²) in [5.74, 6) is 0. The summed E-state index contributed by atoms with van der Waals surface area (Å²) in [6.07, 6.45) is 0. The first kappa shape index (κ1) is 16.2. The summed E-state index contributed by atoms with van der Waals surface area (Å²) in [6, 6.07) is 8.90. The molecule has 0 bridgehead atoms. The Bertz CT molecular complexity index is 719. The van der Waals surface area contributed by atoms with E-state index in [1.54, 1.807) is 32.0 Å². The lowest BCUT2D eigenvalue weighted by Gasteiger charge is -2.22. The number of rotatable bonds is 5. The monoisotopic (exact) mass is 325 g/mol. The largest absolute Gasteiger partial charge is 0.383 e. The van der Waals surface area contributed by atoms with Gasteiger partial charge in [-0.3, -0.25) is 0 Å². The minimum absolute atomic E-state index is 0.0662. The summed E-state index contributed by atoms with van der Waals surface area (Å²) in [5, 5.41) is 12.2. The smallest absolute Gasteiger partial charge is 0.240 e. The third kappa shape index (κ3) is 3.71. The Balaban J connectivity index is 2.21. The fraction of sp³-hybridized carbons (Fsp3) is 0.333. The minimum Gasteiger partial charge on any atom is -0.383 e. The van der Waals surface area contributed by atoms with E-state index < -0.39 is 15.6 Å². The molecule has 0 fully saturated rings. The molecule has 0 aliphatic rings. The van der Waals surface area contributed by atoms with Crippen molar-refractivity contribution >= 4 is 21.4 Å².